The van der Waals surface area contributed by atoms with Gasteiger partial charge in [-0.1, -0.05) is 72.3 Å². The molecule has 0 amide bonds. The summed E-state index contributed by atoms with van der Waals surface area (Å²) in [5, 5.41) is 1.86. The van der Waals surface area contributed by atoms with Crippen LogP contribution >= 0.6 is 11.6 Å². The fourth-order valence-corrected chi connectivity index (χ4v) is 5.06. The highest BCUT2D eigenvalue weighted by atomic mass is 35.5. The van der Waals surface area contributed by atoms with Gasteiger partial charge in [0.25, 0.3) is 0 Å². The number of halogens is 1. The van der Waals surface area contributed by atoms with Crippen molar-refractivity contribution in [1.29, 1.82) is 0 Å². The Balaban J connectivity index is 1.46. The van der Waals surface area contributed by atoms with E-state index in [2.05, 4.69) is 76.2 Å². The van der Waals surface area contributed by atoms with E-state index in [0.29, 0.717) is 6.42 Å². The van der Waals surface area contributed by atoms with Crippen molar-refractivity contribution in [2.45, 2.75) is 38.9 Å². The lowest BCUT2D eigenvalue weighted by Crippen LogP contribution is -2.28. The fraction of sp³-hybridized carbons (Fsp3) is 0.250. The molecule has 0 saturated heterocycles. The average molecular weight is 443 g/mol. The Hall–Kier alpha value is -2.88. The Bertz CT molecular complexity index is 1190. The van der Waals surface area contributed by atoms with Crippen LogP contribution in [-0.4, -0.2) is 21.8 Å². The van der Waals surface area contributed by atoms with Crippen LogP contribution in [0.25, 0.3) is 10.9 Å². The van der Waals surface area contributed by atoms with Crippen LogP contribution < -0.4 is 0 Å². The number of hydrogen-bond donors (Lipinski definition) is 0. The van der Waals surface area contributed by atoms with Crippen molar-refractivity contribution in [3.05, 3.63) is 106 Å². The second kappa shape index (κ2) is 9.32. The van der Waals surface area contributed by atoms with Gasteiger partial charge in [0.15, 0.2) is 5.78 Å². The predicted molar refractivity (Wildman–Crippen MR) is 131 cm³/mol. The molecule has 3 aromatic carbocycles. The zero-order valence-corrected chi connectivity index (χ0v) is 18.9. The number of carbonyl (C=O) groups excluding carboxylic acids is 1. The van der Waals surface area contributed by atoms with E-state index >= 15 is 0 Å². The minimum atomic E-state index is 0.260. The van der Waals surface area contributed by atoms with Crippen LogP contribution in [0.5, 0.6) is 0 Å². The number of aromatic nitrogens is 1. The summed E-state index contributed by atoms with van der Waals surface area (Å²) in [6, 6.07) is 27.2. The third kappa shape index (κ3) is 4.36. The third-order valence-electron chi connectivity index (χ3n) is 6.36. The molecule has 0 spiro atoms. The monoisotopic (exact) mass is 442 g/mol. The first kappa shape index (κ1) is 21.0. The lowest BCUT2D eigenvalue weighted by Gasteiger charge is -2.24. The van der Waals surface area contributed by atoms with Gasteiger partial charge >= 0.3 is 0 Å². The highest BCUT2D eigenvalue weighted by molar-refractivity contribution is 6.31. The van der Waals surface area contributed by atoms with Gasteiger partial charge in [-0.25, -0.2) is 0 Å². The van der Waals surface area contributed by atoms with E-state index in [1.807, 2.05) is 12.1 Å². The topological polar surface area (TPSA) is 25.2 Å². The molecule has 1 aliphatic rings. The van der Waals surface area contributed by atoms with E-state index in [1.165, 1.54) is 16.7 Å². The standard InChI is InChI=1S/C28H27ClN2O/c29-23-14-15-26-25(18-23)24-12-7-13-27(32)28(24)31(26)17-16-30(19-21-8-3-1-4-9-21)20-22-10-5-2-6-11-22/h1-6,8-11,14-15,18H,7,12-13,16-17,19-20H2. The van der Waals surface area contributed by atoms with Crippen molar-refractivity contribution in [3.8, 4) is 0 Å². The van der Waals surface area contributed by atoms with Gasteiger partial charge in [-0.05, 0) is 47.7 Å². The minimum Gasteiger partial charge on any atom is -0.337 e. The van der Waals surface area contributed by atoms with Crippen molar-refractivity contribution in [2.75, 3.05) is 6.54 Å². The Morgan fingerprint density at radius 2 is 1.50 bits per heavy atom. The molecule has 4 aromatic rings. The minimum absolute atomic E-state index is 0.260. The molecule has 0 N–H and O–H groups in total. The number of rotatable bonds is 7. The van der Waals surface area contributed by atoms with E-state index in [1.54, 1.807) is 0 Å². The highest BCUT2D eigenvalue weighted by Gasteiger charge is 2.26. The molecule has 162 valence electrons. The van der Waals surface area contributed by atoms with Crippen LogP contribution in [0, 0.1) is 0 Å². The normalized spacial score (nSPS) is 13.6. The predicted octanol–water partition coefficient (Wildman–Crippen LogP) is 6.52. The molecule has 4 heteroatoms. The molecule has 0 unspecified atom stereocenters. The number of nitrogens with zero attached hydrogens (tertiary/aromatic N) is 2. The maximum absolute atomic E-state index is 12.9. The number of fused-ring (bicyclic) bond motifs is 3. The smallest absolute Gasteiger partial charge is 0.179 e. The summed E-state index contributed by atoms with van der Waals surface area (Å²) in [4.78, 5) is 15.4. The summed E-state index contributed by atoms with van der Waals surface area (Å²) in [7, 11) is 0. The number of carbonyl (C=O) groups is 1. The quantitative estimate of drug-likeness (QED) is 0.325. The Morgan fingerprint density at radius 3 is 2.16 bits per heavy atom. The zero-order chi connectivity index (χ0) is 21.9. The Labute approximate surface area is 194 Å². The molecule has 0 saturated carbocycles. The van der Waals surface area contributed by atoms with E-state index in [9.17, 15) is 4.79 Å². The molecule has 1 aliphatic carbocycles. The van der Waals surface area contributed by atoms with Crippen LogP contribution in [0.1, 0.15) is 40.0 Å². The Morgan fingerprint density at radius 1 is 0.844 bits per heavy atom. The molecule has 32 heavy (non-hydrogen) atoms. The third-order valence-corrected chi connectivity index (χ3v) is 6.60. The molecule has 0 bridgehead atoms. The van der Waals surface area contributed by atoms with Crippen LogP contribution in [0.3, 0.4) is 0 Å². The number of ketones is 1. The average Bonchev–Trinajstić information content (AvgIpc) is 3.13. The van der Waals surface area contributed by atoms with Gasteiger partial charge in [0.2, 0.25) is 0 Å². The summed E-state index contributed by atoms with van der Waals surface area (Å²) in [5.74, 6) is 0.260. The van der Waals surface area contributed by atoms with Gasteiger partial charge in [-0.15, -0.1) is 0 Å². The van der Waals surface area contributed by atoms with Crippen LogP contribution in [0.15, 0.2) is 78.9 Å². The van der Waals surface area contributed by atoms with Crippen molar-refractivity contribution in [3.63, 3.8) is 0 Å². The molecule has 5 rings (SSSR count). The number of aryl methyl sites for hydroxylation is 1. The summed E-state index contributed by atoms with van der Waals surface area (Å²) in [6.45, 7) is 3.38. The van der Waals surface area contributed by atoms with E-state index in [4.69, 9.17) is 11.6 Å². The zero-order valence-electron chi connectivity index (χ0n) is 18.1. The fourth-order valence-electron chi connectivity index (χ4n) is 4.88. The van der Waals surface area contributed by atoms with Crippen molar-refractivity contribution >= 4 is 28.3 Å². The summed E-state index contributed by atoms with van der Waals surface area (Å²) in [6.07, 6.45) is 2.50. The van der Waals surface area contributed by atoms with Gasteiger partial charge in [0.05, 0.1) is 5.69 Å². The molecule has 3 nitrogen and oxygen atoms in total. The van der Waals surface area contributed by atoms with Crippen molar-refractivity contribution < 1.29 is 4.79 Å². The van der Waals surface area contributed by atoms with Crippen LogP contribution in [0.4, 0.5) is 0 Å². The van der Waals surface area contributed by atoms with Gasteiger partial charge in [-0.3, -0.25) is 9.69 Å². The summed E-state index contributed by atoms with van der Waals surface area (Å²) in [5.41, 5.74) is 5.79. The first-order valence-electron chi connectivity index (χ1n) is 11.3. The lowest BCUT2D eigenvalue weighted by molar-refractivity contribution is 0.0962. The Kier molecular flexibility index (Phi) is 6.11. The summed E-state index contributed by atoms with van der Waals surface area (Å²) >= 11 is 6.31. The molecule has 0 radical (unpaired) electrons. The number of Topliss-reactive ketones (excluding diaryl/α,β-unsaturated/α-hetero) is 1. The van der Waals surface area contributed by atoms with Gasteiger partial charge in [0, 0.05) is 48.5 Å². The van der Waals surface area contributed by atoms with Crippen LogP contribution in [0.2, 0.25) is 5.02 Å². The molecule has 0 aliphatic heterocycles. The second-order valence-electron chi connectivity index (χ2n) is 8.60. The van der Waals surface area contributed by atoms with E-state index in [0.717, 1.165) is 60.6 Å². The maximum Gasteiger partial charge on any atom is 0.179 e. The highest BCUT2D eigenvalue weighted by Crippen LogP contribution is 2.33. The second-order valence-corrected chi connectivity index (χ2v) is 9.04. The molecule has 1 heterocycles. The van der Waals surface area contributed by atoms with Crippen molar-refractivity contribution in [2.24, 2.45) is 0 Å². The number of benzene rings is 3. The van der Waals surface area contributed by atoms with E-state index in [-0.39, 0.29) is 5.78 Å². The molecule has 1 aromatic heterocycles. The maximum atomic E-state index is 12.9. The largest absolute Gasteiger partial charge is 0.337 e. The molecule has 0 atom stereocenters. The van der Waals surface area contributed by atoms with Crippen LogP contribution in [-0.2, 0) is 26.1 Å². The number of hydrogen-bond acceptors (Lipinski definition) is 2. The van der Waals surface area contributed by atoms with Gasteiger partial charge < -0.3 is 4.57 Å². The molecular formula is C28H27ClN2O. The lowest BCUT2D eigenvalue weighted by atomic mass is 9.94. The SMILES string of the molecule is O=C1CCCc2c1n(CCN(Cc1ccccc1)Cc1ccccc1)c1ccc(Cl)cc21. The van der Waals surface area contributed by atoms with Gasteiger partial charge in [0.1, 0.15) is 0 Å². The first-order valence-corrected chi connectivity index (χ1v) is 11.7. The molecular weight excluding hydrogens is 416 g/mol. The molecule has 0 fully saturated rings. The van der Waals surface area contributed by atoms with Crippen molar-refractivity contribution in [1.82, 2.24) is 9.47 Å². The van der Waals surface area contributed by atoms with Gasteiger partial charge in [-0.2, -0.15) is 0 Å². The van der Waals surface area contributed by atoms with E-state index < -0.39 is 0 Å². The first-order chi connectivity index (χ1) is 15.7. The summed E-state index contributed by atoms with van der Waals surface area (Å²) < 4.78 is 2.24.